The zero-order valence-corrected chi connectivity index (χ0v) is 19.8. The van der Waals surface area contributed by atoms with Crippen molar-refractivity contribution in [2.45, 2.75) is 25.3 Å². The maximum absolute atomic E-state index is 13.5. The summed E-state index contributed by atoms with van der Waals surface area (Å²) < 4.78 is 39.2. The Hall–Kier alpha value is -3.50. The number of sulfonamides is 1. The molecular formula is C23H25N3O6S. The number of carbonyl (C=O) groups excluding carboxylic acids is 2. The van der Waals surface area contributed by atoms with Crippen molar-refractivity contribution in [2.24, 2.45) is 0 Å². The summed E-state index contributed by atoms with van der Waals surface area (Å²) in [6, 6.07) is 13.2. The molecule has 0 atom stereocenters. The van der Waals surface area contributed by atoms with E-state index >= 15 is 0 Å². The highest BCUT2D eigenvalue weighted by atomic mass is 32.2. The summed E-state index contributed by atoms with van der Waals surface area (Å²) in [5, 5.41) is 4.56. The van der Waals surface area contributed by atoms with E-state index in [1.54, 1.807) is 11.6 Å². The molecule has 10 heteroatoms. The Morgan fingerprint density at radius 2 is 1.64 bits per heavy atom. The van der Waals surface area contributed by atoms with E-state index in [1.807, 2.05) is 37.3 Å². The Labute approximate surface area is 192 Å². The Morgan fingerprint density at radius 3 is 2.24 bits per heavy atom. The van der Waals surface area contributed by atoms with E-state index in [4.69, 9.17) is 4.74 Å². The van der Waals surface area contributed by atoms with Crippen molar-refractivity contribution in [2.75, 3.05) is 21.3 Å². The summed E-state index contributed by atoms with van der Waals surface area (Å²) in [4.78, 5) is 23.9. The van der Waals surface area contributed by atoms with Gasteiger partial charge in [-0.15, -0.1) is 0 Å². The summed E-state index contributed by atoms with van der Waals surface area (Å²) >= 11 is 0. The molecule has 0 fully saturated rings. The lowest BCUT2D eigenvalue weighted by Crippen LogP contribution is -2.29. The molecule has 3 rings (SSSR count). The van der Waals surface area contributed by atoms with Crippen LogP contribution in [0.25, 0.3) is 5.69 Å². The third-order valence-electron chi connectivity index (χ3n) is 5.32. The fraction of sp³-hybridized carbons (Fsp3) is 0.261. The van der Waals surface area contributed by atoms with Crippen LogP contribution in [0.15, 0.2) is 53.4 Å². The normalized spacial score (nSPS) is 11.5. The molecule has 9 nitrogen and oxygen atoms in total. The summed E-state index contributed by atoms with van der Waals surface area (Å²) in [7, 11) is -0.444. The van der Waals surface area contributed by atoms with Crippen LogP contribution in [0.3, 0.4) is 0 Å². The number of rotatable bonds is 7. The first kappa shape index (κ1) is 24.1. The number of aromatic nitrogens is 2. The quantitative estimate of drug-likeness (QED) is 0.488. The van der Waals surface area contributed by atoms with Crippen LogP contribution in [0.5, 0.6) is 0 Å². The van der Waals surface area contributed by atoms with E-state index in [9.17, 15) is 18.0 Å². The molecule has 0 N–H and O–H groups in total. The van der Waals surface area contributed by atoms with Gasteiger partial charge in [-0.25, -0.2) is 22.7 Å². The SMILES string of the molecule is COC(=O)c1ccc(C(=O)OC)c(S(=O)(=O)N(C)Cc2c(C)nn(-c3ccccc3)c2C)c1. The van der Waals surface area contributed by atoms with Gasteiger partial charge >= 0.3 is 11.9 Å². The molecule has 0 spiro atoms. The smallest absolute Gasteiger partial charge is 0.339 e. The van der Waals surface area contributed by atoms with Crippen molar-refractivity contribution in [3.05, 3.63) is 76.6 Å². The van der Waals surface area contributed by atoms with Crippen molar-refractivity contribution in [1.82, 2.24) is 14.1 Å². The minimum absolute atomic E-state index is 0.00128. The van der Waals surface area contributed by atoms with Gasteiger partial charge in [0.25, 0.3) is 0 Å². The van der Waals surface area contributed by atoms with Crippen molar-refractivity contribution >= 4 is 22.0 Å². The standard InChI is InChI=1S/C23H25N3O6S/c1-15-20(16(2)26(24-15)18-9-7-6-8-10-18)14-25(3)33(29,30)21-13-17(22(27)31-4)11-12-19(21)23(28)32-5/h6-13H,14H2,1-5H3. The largest absolute Gasteiger partial charge is 0.465 e. The van der Waals surface area contributed by atoms with Crippen LogP contribution in [0, 0.1) is 13.8 Å². The van der Waals surface area contributed by atoms with Crippen LogP contribution in [-0.4, -0.2) is 55.7 Å². The molecule has 0 radical (unpaired) electrons. The Morgan fingerprint density at radius 1 is 1.00 bits per heavy atom. The molecule has 0 amide bonds. The number of nitrogens with zero attached hydrogens (tertiary/aromatic N) is 3. The van der Waals surface area contributed by atoms with Gasteiger partial charge in [0.05, 0.1) is 41.6 Å². The maximum atomic E-state index is 13.5. The molecule has 0 aliphatic carbocycles. The lowest BCUT2D eigenvalue weighted by molar-refractivity contribution is 0.0583. The minimum Gasteiger partial charge on any atom is -0.465 e. The second kappa shape index (κ2) is 9.55. The lowest BCUT2D eigenvalue weighted by Gasteiger charge is -2.19. The number of hydrogen-bond donors (Lipinski definition) is 0. The molecular weight excluding hydrogens is 446 g/mol. The van der Waals surface area contributed by atoms with Gasteiger partial charge in [-0.3, -0.25) is 0 Å². The van der Waals surface area contributed by atoms with Gasteiger partial charge in [0.15, 0.2) is 0 Å². The third-order valence-corrected chi connectivity index (χ3v) is 7.16. The number of carbonyl (C=O) groups is 2. The number of methoxy groups -OCH3 is 2. The van der Waals surface area contributed by atoms with Crippen molar-refractivity contribution in [1.29, 1.82) is 0 Å². The summed E-state index contributed by atoms with van der Waals surface area (Å²) in [5.41, 5.74) is 2.88. The van der Waals surface area contributed by atoms with Crippen LogP contribution in [0.1, 0.15) is 37.7 Å². The first-order valence-corrected chi connectivity index (χ1v) is 11.4. The number of ether oxygens (including phenoxy) is 2. The van der Waals surface area contributed by atoms with Crippen molar-refractivity contribution in [3.63, 3.8) is 0 Å². The first-order valence-electron chi connectivity index (χ1n) is 9.99. The molecule has 3 aromatic rings. The highest BCUT2D eigenvalue weighted by Gasteiger charge is 2.30. The fourth-order valence-electron chi connectivity index (χ4n) is 3.46. The molecule has 0 saturated heterocycles. The zero-order valence-electron chi connectivity index (χ0n) is 19.0. The Balaban J connectivity index is 2.03. The van der Waals surface area contributed by atoms with Crippen LogP contribution >= 0.6 is 0 Å². The molecule has 0 bridgehead atoms. The molecule has 174 valence electrons. The number of hydrogen-bond acceptors (Lipinski definition) is 7. The van der Waals surface area contributed by atoms with Gasteiger partial charge in [-0.05, 0) is 44.2 Å². The van der Waals surface area contributed by atoms with E-state index in [0.717, 1.165) is 34.4 Å². The van der Waals surface area contributed by atoms with E-state index < -0.39 is 22.0 Å². The fourth-order valence-corrected chi connectivity index (χ4v) is 4.80. The highest BCUT2D eigenvalue weighted by Crippen LogP contribution is 2.26. The third kappa shape index (κ3) is 4.67. The van der Waals surface area contributed by atoms with Crippen LogP contribution < -0.4 is 0 Å². The molecule has 2 aromatic carbocycles. The summed E-state index contributed by atoms with van der Waals surface area (Å²) in [6.07, 6.45) is 0. The monoisotopic (exact) mass is 471 g/mol. The van der Waals surface area contributed by atoms with Crippen LogP contribution in [0.4, 0.5) is 0 Å². The average molecular weight is 472 g/mol. The van der Waals surface area contributed by atoms with Crippen molar-refractivity contribution in [3.8, 4) is 5.69 Å². The Bertz CT molecular complexity index is 1300. The first-order chi connectivity index (χ1) is 15.6. The molecule has 0 saturated carbocycles. The molecule has 0 aliphatic rings. The van der Waals surface area contributed by atoms with E-state index in [2.05, 4.69) is 9.84 Å². The predicted octanol–water partition coefficient (Wildman–Crippen LogP) is 2.88. The van der Waals surface area contributed by atoms with Gasteiger partial charge in [-0.2, -0.15) is 9.40 Å². The number of aryl methyl sites for hydroxylation is 1. The van der Waals surface area contributed by atoms with E-state index in [0.29, 0.717) is 5.69 Å². The van der Waals surface area contributed by atoms with E-state index in [1.165, 1.54) is 26.3 Å². The van der Waals surface area contributed by atoms with Gasteiger partial charge < -0.3 is 9.47 Å². The molecule has 1 heterocycles. The number of esters is 2. The molecule has 1 aromatic heterocycles. The number of benzene rings is 2. The lowest BCUT2D eigenvalue weighted by atomic mass is 10.1. The van der Waals surface area contributed by atoms with E-state index in [-0.39, 0.29) is 22.6 Å². The summed E-state index contributed by atoms with van der Waals surface area (Å²) in [6.45, 7) is 3.68. The number of para-hydroxylation sites is 1. The average Bonchev–Trinajstić information content (AvgIpc) is 3.11. The van der Waals surface area contributed by atoms with Gasteiger partial charge in [0.2, 0.25) is 10.0 Å². The Kier molecular flexibility index (Phi) is 6.99. The van der Waals surface area contributed by atoms with Gasteiger partial charge in [-0.1, -0.05) is 18.2 Å². The highest BCUT2D eigenvalue weighted by molar-refractivity contribution is 7.89. The summed E-state index contributed by atoms with van der Waals surface area (Å²) in [5.74, 6) is -1.55. The molecule has 0 aliphatic heterocycles. The molecule has 0 unspecified atom stereocenters. The van der Waals surface area contributed by atoms with Gasteiger partial charge in [0, 0.05) is 24.8 Å². The second-order valence-corrected chi connectivity index (χ2v) is 9.37. The minimum atomic E-state index is -4.19. The van der Waals surface area contributed by atoms with Gasteiger partial charge in [0.1, 0.15) is 0 Å². The molecule has 33 heavy (non-hydrogen) atoms. The topological polar surface area (TPSA) is 108 Å². The zero-order chi connectivity index (χ0) is 24.3. The van der Waals surface area contributed by atoms with Crippen molar-refractivity contribution < 1.29 is 27.5 Å². The van der Waals surface area contributed by atoms with Crippen LogP contribution in [0.2, 0.25) is 0 Å². The maximum Gasteiger partial charge on any atom is 0.339 e. The van der Waals surface area contributed by atoms with Crippen LogP contribution in [-0.2, 0) is 26.0 Å². The second-order valence-electron chi connectivity index (χ2n) is 7.35. The predicted molar refractivity (Wildman–Crippen MR) is 121 cm³/mol.